The lowest BCUT2D eigenvalue weighted by Gasteiger charge is -2.12. The first kappa shape index (κ1) is 14.5. The van der Waals surface area contributed by atoms with Crippen molar-refractivity contribution in [2.45, 2.75) is 34.1 Å². The number of carboxylic acids is 2. The van der Waals surface area contributed by atoms with Crippen LogP contribution in [0.15, 0.2) is 0 Å². The Morgan fingerprint density at radius 3 is 1.54 bits per heavy atom. The summed E-state index contributed by atoms with van der Waals surface area (Å²) in [7, 11) is 0. The van der Waals surface area contributed by atoms with E-state index in [0.29, 0.717) is 6.42 Å². The maximum absolute atomic E-state index is 10.4. The van der Waals surface area contributed by atoms with Gasteiger partial charge in [0.2, 0.25) is 0 Å². The molecule has 0 aromatic carbocycles. The van der Waals surface area contributed by atoms with Crippen molar-refractivity contribution < 1.29 is 19.8 Å². The van der Waals surface area contributed by atoms with Gasteiger partial charge in [-0.15, -0.1) is 0 Å². The first-order chi connectivity index (χ1) is 6.00. The Morgan fingerprint density at radius 2 is 1.46 bits per heavy atom. The van der Waals surface area contributed by atoms with Crippen molar-refractivity contribution in [3.05, 3.63) is 0 Å². The molecular weight excluding hydrogens is 172 g/mol. The zero-order valence-electron chi connectivity index (χ0n) is 8.57. The second kappa shape index (κ2) is 7.58. The van der Waals surface area contributed by atoms with Crippen LogP contribution >= 0.6 is 0 Å². The Labute approximate surface area is 78.6 Å². The highest BCUT2D eigenvalue weighted by Gasteiger charge is 2.30. The van der Waals surface area contributed by atoms with Gasteiger partial charge in [-0.25, -0.2) is 0 Å². The second-order valence-corrected chi connectivity index (χ2v) is 2.54. The molecule has 0 rings (SSSR count). The molecule has 0 saturated heterocycles. The average Bonchev–Trinajstić information content (AvgIpc) is 2.06. The third-order valence-electron chi connectivity index (χ3n) is 1.75. The molecule has 0 aliphatic rings. The first-order valence-corrected chi connectivity index (χ1v) is 4.46. The van der Waals surface area contributed by atoms with Gasteiger partial charge in [0.25, 0.3) is 0 Å². The van der Waals surface area contributed by atoms with E-state index in [0.717, 1.165) is 0 Å². The molecule has 0 bridgehead atoms. The Bertz CT molecular complexity index is 151. The van der Waals surface area contributed by atoms with E-state index in [4.69, 9.17) is 10.2 Å². The van der Waals surface area contributed by atoms with Gasteiger partial charge in [-0.05, 0) is 5.92 Å². The summed E-state index contributed by atoms with van der Waals surface area (Å²) in [6.07, 6.45) is 0.559. The number of carboxylic acid groups (broad SMARTS) is 2. The number of aliphatic carboxylic acids is 2. The lowest BCUT2D eigenvalue weighted by molar-refractivity contribution is -0.156. The van der Waals surface area contributed by atoms with E-state index in [2.05, 4.69) is 0 Å². The van der Waals surface area contributed by atoms with Gasteiger partial charge in [0.1, 0.15) is 0 Å². The highest BCUT2D eigenvalue weighted by Crippen LogP contribution is 2.15. The van der Waals surface area contributed by atoms with E-state index in [1.54, 1.807) is 13.8 Å². The summed E-state index contributed by atoms with van der Waals surface area (Å²) >= 11 is 0. The highest BCUT2D eigenvalue weighted by atomic mass is 16.4. The van der Waals surface area contributed by atoms with Crippen molar-refractivity contribution in [2.24, 2.45) is 11.8 Å². The fourth-order valence-electron chi connectivity index (χ4n) is 0.828. The van der Waals surface area contributed by atoms with Gasteiger partial charge in [0.05, 0.1) is 0 Å². The van der Waals surface area contributed by atoms with E-state index in [9.17, 15) is 9.59 Å². The molecule has 1 atom stereocenters. The molecule has 0 aliphatic carbocycles. The maximum Gasteiger partial charge on any atom is 0.318 e. The highest BCUT2D eigenvalue weighted by molar-refractivity contribution is 5.93. The summed E-state index contributed by atoms with van der Waals surface area (Å²) in [6.45, 7) is 7.39. The largest absolute Gasteiger partial charge is 0.481 e. The normalized spacial score (nSPS) is 11.5. The first-order valence-electron chi connectivity index (χ1n) is 4.46. The van der Waals surface area contributed by atoms with Crippen LogP contribution in [0.3, 0.4) is 0 Å². The molecule has 0 aromatic rings. The fraction of sp³-hybridized carbons (Fsp3) is 0.778. The van der Waals surface area contributed by atoms with E-state index in [1.165, 1.54) is 0 Å². The van der Waals surface area contributed by atoms with Gasteiger partial charge in [-0.2, -0.15) is 0 Å². The molecule has 0 heterocycles. The van der Waals surface area contributed by atoms with Crippen LogP contribution in [0.1, 0.15) is 34.1 Å². The van der Waals surface area contributed by atoms with Crippen LogP contribution in [0.4, 0.5) is 0 Å². The summed E-state index contributed by atoms with van der Waals surface area (Å²) in [5, 5.41) is 16.9. The predicted octanol–water partition coefficient (Wildman–Crippen LogP) is 1.84. The van der Waals surface area contributed by atoms with Crippen molar-refractivity contribution in [1.82, 2.24) is 0 Å². The molecule has 0 radical (unpaired) electrons. The van der Waals surface area contributed by atoms with Crippen LogP contribution in [0.5, 0.6) is 0 Å². The Morgan fingerprint density at radius 1 is 1.15 bits per heavy atom. The molecule has 2 N–H and O–H groups in total. The Kier molecular flexibility index (Phi) is 8.44. The summed E-state index contributed by atoms with van der Waals surface area (Å²) in [4.78, 5) is 20.7. The van der Waals surface area contributed by atoms with E-state index < -0.39 is 17.9 Å². The van der Waals surface area contributed by atoms with Crippen LogP contribution in [-0.4, -0.2) is 22.2 Å². The number of carbonyl (C=O) groups is 2. The molecule has 0 fully saturated rings. The van der Waals surface area contributed by atoms with Gasteiger partial charge in [-0.3, -0.25) is 9.59 Å². The van der Waals surface area contributed by atoms with Gasteiger partial charge >= 0.3 is 11.9 Å². The molecule has 0 spiro atoms. The maximum atomic E-state index is 10.4. The molecule has 1 unspecified atom stereocenters. The minimum absolute atomic E-state index is 0.315. The van der Waals surface area contributed by atoms with Gasteiger partial charge in [0.15, 0.2) is 5.92 Å². The Hall–Kier alpha value is -1.06. The molecule has 4 heteroatoms. The number of hydrogen-bond acceptors (Lipinski definition) is 2. The van der Waals surface area contributed by atoms with Gasteiger partial charge in [-0.1, -0.05) is 34.1 Å². The molecule has 0 amide bonds. The van der Waals surface area contributed by atoms with Crippen molar-refractivity contribution in [1.29, 1.82) is 0 Å². The van der Waals surface area contributed by atoms with Gasteiger partial charge < -0.3 is 10.2 Å². The Balaban J connectivity index is 0. The fourth-order valence-corrected chi connectivity index (χ4v) is 0.828. The minimum atomic E-state index is -1.26. The van der Waals surface area contributed by atoms with E-state index in [1.807, 2.05) is 13.8 Å². The van der Waals surface area contributed by atoms with Crippen molar-refractivity contribution >= 4 is 11.9 Å². The van der Waals surface area contributed by atoms with Crippen LogP contribution in [0.25, 0.3) is 0 Å². The molecule has 78 valence electrons. The lowest BCUT2D eigenvalue weighted by Crippen LogP contribution is -2.29. The van der Waals surface area contributed by atoms with E-state index in [-0.39, 0.29) is 5.92 Å². The molecule has 0 saturated carbocycles. The van der Waals surface area contributed by atoms with Crippen molar-refractivity contribution in [2.75, 3.05) is 0 Å². The summed E-state index contributed by atoms with van der Waals surface area (Å²) in [5.74, 6) is -4.09. The third kappa shape index (κ3) is 5.22. The summed E-state index contributed by atoms with van der Waals surface area (Å²) < 4.78 is 0. The van der Waals surface area contributed by atoms with Crippen molar-refractivity contribution in [3.8, 4) is 0 Å². The second-order valence-electron chi connectivity index (χ2n) is 2.54. The smallest absolute Gasteiger partial charge is 0.318 e. The average molecular weight is 190 g/mol. The number of hydrogen-bond donors (Lipinski definition) is 2. The third-order valence-corrected chi connectivity index (χ3v) is 1.75. The van der Waals surface area contributed by atoms with Crippen LogP contribution < -0.4 is 0 Å². The molecule has 13 heavy (non-hydrogen) atoms. The summed E-state index contributed by atoms with van der Waals surface area (Å²) in [5.41, 5.74) is 0. The van der Waals surface area contributed by atoms with Gasteiger partial charge in [0, 0.05) is 0 Å². The molecular formula is C9H18O4. The number of rotatable bonds is 4. The SMILES string of the molecule is CC.CCC(C)C(C(=O)O)C(=O)O. The molecule has 0 aliphatic heterocycles. The van der Waals surface area contributed by atoms with Crippen LogP contribution in [0, 0.1) is 11.8 Å². The monoisotopic (exact) mass is 190 g/mol. The molecule has 4 nitrogen and oxygen atoms in total. The van der Waals surface area contributed by atoms with E-state index >= 15 is 0 Å². The standard InChI is InChI=1S/C7H12O4.C2H6/c1-3-4(2)5(6(8)9)7(10)11;1-2/h4-5H,3H2,1-2H3,(H,8,9)(H,10,11);1-2H3. The molecule has 0 aromatic heterocycles. The van der Waals surface area contributed by atoms with Crippen LogP contribution in [0.2, 0.25) is 0 Å². The lowest BCUT2D eigenvalue weighted by atomic mass is 9.92. The zero-order valence-corrected chi connectivity index (χ0v) is 8.57. The minimum Gasteiger partial charge on any atom is -0.481 e. The topological polar surface area (TPSA) is 74.6 Å². The summed E-state index contributed by atoms with van der Waals surface area (Å²) in [6, 6.07) is 0. The predicted molar refractivity (Wildman–Crippen MR) is 49.6 cm³/mol. The van der Waals surface area contributed by atoms with Crippen LogP contribution in [-0.2, 0) is 9.59 Å². The zero-order chi connectivity index (χ0) is 11.0. The van der Waals surface area contributed by atoms with Crippen molar-refractivity contribution in [3.63, 3.8) is 0 Å². The quantitative estimate of drug-likeness (QED) is 0.663.